The number of rotatable bonds is 2. The molecule has 1 aliphatic rings. The van der Waals surface area contributed by atoms with Gasteiger partial charge in [-0.25, -0.2) is 9.78 Å². The average molecular weight is 255 g/mol. The molecule has 6 heteroatoms. The van der Waals surface area contributed by atoms with Crippen LogP contribution in [0.25, 0.3) is 0 Å². The van der Waals surface area contributed by atoms with Crippen LogP contribution in [0.3, 0.4) is 0 Å². The molecule has 0 aromatic carbocycles. The van der Waals surface area contributed by atoms with E-state index in [4.69, 9.17) is 5.11 Å². The predicted molar refractivity (Wildman–Crippen MR) is 68.0 cm³/mol. The normalized spacial score (nSPS) is 22.5. The van der Waals surface area contributed by atoms with Gasteiger partial charge in [0, 0.05) is 19.1 Å². The quantitative estimate of drug-likeness (QED) is 0.865. The van der Waals surface area contributed by atoms with Gasteiger partial charge in [0.15, 0.2) is 5.13 Å². The minimum Gasteiger partial charge on any atom is -0.477 e. The van der Waals surface area contributed by atoms with Crippen LogP contribution in [0.2, 0.25) is 0 Å². The van der Waals surface area contributed by atoms with E-state index in [9.17, 15) is 4.79 Å². The van der Waals surface area contributed by atoms with Crippen molar-refractivity contribution in [2.24, 2.45) is 0 Å². The molecule has 1 fully saturated rings. The molecule has 0 bridgehead atoms. The molecule has 1 atom stereocenters. The van der Waals surface area contributed by atoms with Crippen molar-refractivity contribution in [1.29, 1.82) is 0 Å². The van der Waals surface area contributed by atoms with Gasteiger partial charge < -0.3 is 14.9 Å². The molecule has 2 heterocycles. The van der Waals surface area contributed by atoms with Crippen molar-refractivity contribution < 1.29 is 9.90 Å². The van der Waals surface area contributed by atoms with E-state index in [0.717, 1.165) is 31.2 Å². The van der Waals surface area contributed by atoms with E-state index < -0.39 is 5.97 Å². The van der Waals surface area contributed by atoms with E-state index in [1.807, 2.05) is 0 Å². The summed E-state index contributed by atoms with van der Waals surface area (Å²) >= 11 is 1.26. The molecule has 1 unspecified atom stereocenters. The second-order valence-corrected chi connectivity index (χ2v) is 5.48. The molecule has 0 radical (unpaired) electrons. The summed E-state index contributed by atoms with van der Waals surface area (Å²) in [6.07, 6.45) is 2.53. The highest BCUT2D eigenvalue weighted by molar-refractivity contribution is 7.17. The van der Waals surface area contributed by atoms with Gasteiger partial charge in [0.05, 0.1) is 6.20 Å². The highest BCUT2D eigenvalue weighted by Crippen LogP contribution is 2.25. The number of hydrogen-bond donors (Lipinski definition) is 1. The third kappa shape index (κ3) is 2.76. The SMILES string of the molecule is CC1CN(C)CCCN1c1ncc(C(=O)O)s1. The van der Waals surface area contributed by atoms with Crippen LogP contribution in [-0.4, -0.2) is 53.7 Å². The number of hydrogen-bond acceptors (Lipinski definition) is 5. The van der Waals surface area contributed by atoms with Crippen molar-refractivity contribution in [2.45, 2.75) is 19.4 Å². The number of aromatic carboxylic acids is 1. The molecule has 0 amide bonds. The Bertz CT molecular complexity index is 407. The fourth-order valence-electron chi connectivity index (χ4n) is 2.15. The number of carboxylic acid groups (broad SMARTS) is 1. The van der Waals surface area contributed by atoms with E-state index in [1.165, 1.54) is 17.5 Å². The fourth-order valence-corrected chi connectivity index (χ4v) is 3.04. The standard InChI is InChI=1S/C11H17N3O2S/c1-8-7-13(2)4-3-5-14(8)11-12-6-9(17-11)10(15)16/h6,8H,3-5,7H2,1-2H3,(H,15,16). The smallest absolute Gasteiger partial charge is 0.347 e. The molecule has 17 heavy (non-hydrogen) atoms. The van der Waals surface area contributed by atoms with Gasteiger partial charge in [-0.1, -0.05) is 11.3 Å². The van der Waals surface area contributed by atoms with Gasteiger partial charge >= 0.3 is 5.97 Å². The van der Waals surface area contributed by atoms with Crippen molar-refractivity contribution in [1.82, 2.24) is 9.88 Å². The van der Waals surface area contributed by atoms with Crippen LogP contribution in [0.15, 0.2) is 6.20 Å². The number of carboxylic acids is 1. The second-order valence-electron chi connectivity index (χ2n) is 4.47. The lowest BCUT2D eigenvalue weighted by atomic mass is 10.3. The maximum atomic E-state index is 10.8. The van der Waals surface area contributed by atoms with Gasteiger partial charge in [0.25, 0.3) is 0 Å². The van der Waals surface area contributed by atoms with Crippen molar-refractivity contribution in [3.8, 4) is 0 Å². The molecule has 1 saturated heterocycles. The third-order valence-electron chi connectivity index (χ3n) is 3.00. The zero-order valence-electron chi connectivity index (χ0n) is 10.1. The Morgan fingerprint density at radius 2 is 2.35 bits per heavy atom. The first-order valence-corrected chi connectivity index (χ1v) is 6.54. The molecule has 1 aromatic heterocycles. The van der Waals surface area contributed by atoms with Crippen molar-refractivity contribution in [3.05, 3.63) is 11.1 Å². The van der Waals surface area contributed by atoms with Gasteiger partial charge in [-0.05, 0) is 26.9 Å². The largest absolute Gasteiger partial charge is 0.477 e. The predicted octanol–water partition coefficient (Wildman–Crippen LogP) is 1.37. The van der Waals surface area contributed by atoms with Crippen LogP contribution < -0.4 is 4.90 Å². The molecular weight excluding hydrogens is 238 g/mol. The lowest BCUT2D eigenvalue weighted by molar-refractivity contribution is 0.0702. The molecule has 5 nitrogen and oxygen atoms in total. The van der Waals surface area contributed by atoms with Crippen LogP contribution in [0.1, 0.15) is 23.0 Å². The first-order valence-electron chi connectivity index (χ1n) is 5.72. The number of nitrogens with zero attached hydrogens (tertiary/aromatic N) is 3. The average Bonchev–Trinajstić information content (AvgIpc) is 2.67. The molecule has 0 aliphatic carbocycles. The fraction of sp³-hybridized carbons (Fsp3) is 0.636. The molecule has 1 aliphatic heterocycles. The number of aromatic nitrogens is 1. The van der Waals surface area contributed by atoms with Crippen LogP contribution in [0.5, 0.6) is 0 Å². The maximum Gasteiger partial charge on any atom is 0.347 e. The Balaban J connectivity index is 2.16. The van der Waals surface area contributed by atoms with E-state index in [0.29, 0.717) is 10.9 Å². The topological polar surface area (TPSA) is 56.7 Å². The molecular formula is C11H17N3O2S. The minimum absolute atomic E-state index is 0.310. The highest BCUT2D eigenvalue weighted by atomic mass is 32.1. The second kappa shape index (κ2) is 5.01. The number of anilines is 1. The Kier molecular flexibility index (Phi) is 3.63. The minimum atomic E-state index is -0.895. The first-order chi connectivity index (χ1) is 8.08. The van der Waals surface area contributed by atoms with E-state index in [1.54, 1.807) is 0 Å². The van der Waals surface area contributed by atoms with Gasteiger partial charge in [-0.3, -0.25) is 0 Å². The van der Waals surface area contributed by atoms with Gasteiger partial charge in [0.1, 0.15) is 4.88 Å². The van der Waals surface area contributed by atoms with Crippen LogP contribution in [0.4, 0.5) is 5.13 Å². The zero-order valence-corrected chi connectivity index (χ0v) is 10.9. The summed E-state index contributed by atoms with van der Waals surface area (Å²) in [5.41, 5.74) is 0. The summed E-state index contributed by atoms with van der Waals surface area (Å²) in [6, 6.07) is 0.371. The molecule has 0 spiro atoms. The van der Waals surface area contributed by atoms with Gasteiger partial charge in [-0.2, -0.15) is 0 Å². The number of carbonyl (C=O) groups is 1. The highest BCUT2D eigenvalue weighted by Gasteiger charge is 2.22. The Morgan fingerprint density at radius 1 is 1.59 bits per heavy atom. The van der Waals surface area contributed by atoms with Crippen LogP contribution >= 0.6 is 11.3 Å². The molecule has 1 N–H and O–H groups in total. The zero-order chi connectivity index (χ0) is 12.4. The molecule has 2 rings (SSSR count). The van der Waals surface area contributed by atoms with E-state index in [2.05, 4.69) is 28.8 Å². The monoisotopic (exact) mass is 255 g/mol. The van der Waals surface area contributed by atoms with Crippen LogP contribution in [0, 0.1) is 0 Å². The van der Waals surface area contributed by atoms with Crippen molar-refractivity contribution >= 4 is 22.4 Å². The summed E-state index contributed by atoms with van der Waals surface area (Å²) in [6.45, 7) is 5.17. The van der Waals surface area contributed by atoms with Gasteiger partial charge in [0.2, 0.25) is 0 Å². The number of thiazole rings is 1. The molecule has 0 saturated carbocycles. The lowest BCUT2D eigenvalue weighted by Crippen LogP contribution is -2.37. The van der Waals surface area contributed by atoms with E-state index in [-0.39, 0.29) is 0 Å². The summed E-state index contributed by atoms with van der Waals surface area (Å²) in [4.78, 5) is 19.9. The van der Waals surface area contributed by atoms with Crippen molar-refractivity contribution in [2.75, 3.05) is 31.6 Å². The lowest BCUT2D eigenvalue weighted by Gasteiger charge is -2.27. The Labute approximate surface area is 105 Å². The summed E-state index contributed by atoms with van der Waals surface area (Å²) in [5.74, 6) is -0.895. The third-order valence-corrected chi connectivity index (χ3v) is 4.02. The Morgan fingerprint density at radius 3 is 3.00 bits per heavy atom. The Hall–Kier alpha value is -1.14. The van der Waals surface area contributed by atoms with Gasteiger partial charge in [-0.15, -0.1) is 0 Å². The summed E-state index contributed by atoms with van der Waals surface area (Å²) < 4.78 is 0. The first kappa shape index (κ1) is 12.3. The summed E-state index contributed by atoms with van der Waals surface area (Å²) in [7, 11) is 2.12. The summed E-state index contributed by atoms with van der Waals surface area (Å²) in [5, 5.41) is 9.73. The molecule has 94 valence electrons. The van der Waals surface area contributed by atoms with Crippen LogP contribution in [-0.2, 0) is 0 Å². The maximum absolute atomic E-state index is 10.8. The van der Waals surface area contributed by atoms with E-state index >= 15 is 0 Å². The number of likely N-dealkylation sites (N-methyl/N-ethyl adjacent to an activating group) is 1. The molecule has 1 aromatic rings. The van der Waals surface area contributed by atoms with Crippen molar-refractivity contribution in [3.63, 3.8) is 0 Å².